The summed E-state index contributed by atoms with van der Waals surface area (Å²) in [5, 5.41) is 1.23. The van der Waals surface area contributed by atoms with E-state index < -0.39 is 0 Å². The normalized spacial score (nSPS) is 17.4. The largest absolute Gasteiger partial charge is 0.298 e. The Kier molecular flexibility index (Phi) is 3.06. The summed E-state index contributed by atoms with van der Waals surface area (Å²) in [6.07, 6.45) is 4.07. The van der Waals surface area contributed by atoms with E-state index in [2.05, 4.69) is 41.3 Å². The van der Waals surface area contributed by atoms with E-state index in [0.29, 0.717) is 0 Å². The lowest BCUT2D eigenvalue weighted by Gasteiger charge is -2.25. The zero-order chi connectivity index (χ0) is 11.5. The number of aromatic nitrogens is 1. The number of hydrogen-bond donors (Lipinski definition) is 0. The maximum atomic E-state index is 4.73. The average Bonchev–Trinajstić information content (AvgIpc) is 2.40. The minimum atomic E-state index is 1.00. The lowest BCUT2D eigenvalue weighted by atomic mass is 10.1. The van der Waals surface area contributed by atoms with Crippen LogP contribution in [0.15, 0.2) is 36.4 Å². The van der Waals surface area contributed by atoms with E-state index in [4.69, 9.17) is 4.98 Å². The predicted molar refractivity (Wildman–Crippen MR) is 70.9 cm³/mol. The van der Waals surface area contributed by atoms with Gasteiger partial charge in [0.1, 0.15) is 0 Å². The molecule has 17 heavy (non-hydrogen) atoms. The van der Waals surface area contributed by atoms with Crippen molar-refractivity contribution < 1.29 is 0 Å². The Morgan fingerprint density at radius 2 is 1.76 bits per heavy atom. The molecule has 0 unspecified atom stereocenters. The van der Waals surface area contributed by atoms with E-state index in [1.165, 1.54) is 43.4 Å². The van der Waals surface area contributed by atoms with Crippen LogP contribution in [-0.2, 0) is 6.54 Å². The molecule has 0 spiro atoms. The van der Waals surface area contributed by atoms with Crippen LogP contribution in [0.25, 0.3) is 10.9 Å². The molecular formula is C15H18N2. The molecule has 1 fully saturated rings. The maximum Gasteiger partial charge on any atom is 0.0705 e. The van der Waals surface area contributed by atoms with E-state index >= 15 is 0 Å². The van der Waals surface area contributed by atoms with E-state index in [1.54, 1.807) is 0 Å². The second-order valence-corrected chi connectivity index (χ2v) is 4.83. The first-order chi connectivity index (χ1) is 8.42. The van der Waals surface area contributed by atoms with Crippen molar-refractivity contribution in [2.75, 3.05) is 13.1 Å². The summed E-state index contributed by atoms with van der Waals surface area (Å²) in [7, 11) is 0. The van der Waals surface area contributed by atoms with Gasteiger partial charge < -0.3 is 0 Å². The molecular weight excluding hydrogens is 208 g/mol. The minimum absolute atomic E-state index is 1.00. The molecule has 0 amide bonds. The summed E-state index contributed by atoms with van der Waals surface area (Å²) < 4.78 is 0. The number of hydrogen-bond acceptors (Lipinski definition) is 2. The van der Waals surface area contributed by atoms with Gasteiger partial charge in [0.25, 0.3) is 0 Å². The highest BCUT2D eigenvalue weighted by atomic mass is 15.1. The lowest BCUT2D eigenvalue weighted by Crippen LogP contribution is -2.29. The maximum absolute atomic E-state index is 4.73. The molecule has 3 rings (SSSR count). The van der Waals surface area contributed by atoms with Crippen LogP contribution < -0.4 is 0 Å². The number of benzene rings is 1. The van der Waals surface area contributed by atoms with E-state index in [9.17, 15) is 0 Å². The van der Waals surface area contributed by atoms with Crippen molar-refractivity contribution in [1.29, 1.82) is 0 Å². The Hall–Kier alpha value is -1.41. The van der Waals surface area contributed by atoms with Crippen molar-refractivity contribution in [3.05, 3.63) is 42.1 Å². The fourth-order valence-electron chi connectivity index (χ4n) is 2.54. The molecule has 1 saturated heterocycles. The second kappa shape index (κ2) is 4.84. The molecule has 0 atom stereocenters. The Morgan fingerprint density at radius 3 is 2.65 bits per heavy atom. The first-order valence-corrected chi connectivity index (χ1v) is 6.49. The minimum Gasteiger partial charge on any atom is -0.298 e. The molecule has 0 radical (unpaired) electrons. The molecule has 0 bridgehead atoms. The molecule has 1 aliphatic rings. The highest BCUT2D eigenvalue weighted by Crippen LogP contribution is 2.15. The van der Waals surface area contributed by atoms with Gasteiger partial charge in [0, 0.05) is 11.9 Å². The molecule has 1 aromatic heterocycles. The molecule has 2 heterocycles. The van der Waals surface area contributed by atoms with Gasteiger partial charge >= 0.3 is 0 Å². The van der Waals surface area contributed by atoms with Crippen LogP contribution in [0.5, 0.6) is 0 Å². The van der Waals surface area contributed by atoms with Gasteiger partial charge in [0.2, 0.25) is 0 Å². The van der Waals surface area contributed by atoms with Crippen molar-refractivity contribution in [3.8, 4) is 0 Å². The highest BCUT2D eigenvalue weighted by Gasteiger charge is 2.10. The number of para-hydroxylation sites is 1. The molecule has 2 nitrogen and oxygen atoms in total. The van der Waals surface area contributed by atoms with Gasteiger partial charge in [-0.15, -0.1) is 0 Å². The van der Waals surface area contributed by atoms with Gasteiger partial charge in [-0.25, -0.2) is 0 Å². The van der Waals surface area contributed by atoms with Crippen molar-refractivity contribution in [2.45, 2.75) is 25.8 Å². The number of nitrogens with zero attached hydrogens (tertiary/aromatic N) is 2. The van der Waals surface area contributed by atoms with Crippen LogP contribution in [0, 0.1) is 0 Å². The summed E-state index contributed by atoms with van der Waals surface area (Å²) in [6.45, 7) is 3.47. The van der Waals surface area contributed by atoms with E-state index in [1.807, 2.05) is 0 Å². The third-order valence-corrected chi connectivity index (χ3v) is 3.49. The van der Waals surface area contributed by atoms with Gasteiger partial charge in [0.05, 0.1) is 11.2 Å². The van der Waals surface area contributed by atoms with Crippen molar-refractivity contribution >= 4 is 10.9 Å². The third-order valence-electron chi connectivity index (χ3n) is 3.49. The quantitative estimate of drug-likeness (QED) is 0.781. The zero-order valence-corrected chi connectivity index (χ0v) is 10.1. The van der Waals surface area contributed by atoms with E-state index in [0.717, 1.165) is 12.1 Å². The fourth-order valence-corrected chi connectivity index (χ4v) is 2.54. The summed E-state index contributed by atoms with van der Waals surface area (Å²) in [6, 6.07) is 12.7. The number of piperidine rings is 1. The highest BCUT2D eigenvalue weighted by molar-refractivity contribution is 5.78. The summed E-state index contributed by atoms with van der Waals surface area (Å²) in [5.41, 5.74) is 2.31. The first-order valence-electron chi connectivity index (χ1n) is 6.49. The van der Waals surface area contributed by atoms with Crippen LogP contribution in [0.2, 0.25) is 0 Å². The third kappa shape index (κ3) is 2.47. The summed E-state index contributed by atoms with van der Waals surface area (Å²) in [4.78, 5) is 7.24. The molecule has 2 aromatic rings. The molecule has 2 heteroatoms. The van der Waals surface area contributed by atoms with Crippen LogP contribution in [0.3, 0.4) is 0 Å². The van der Waals surface area contributed by atoms with Crippen LogP contribution >= 0.6 is 0 Å². The van der Waals surface area contributed by atoms with Crippen molar-refractivity contribution in [1.82, 2.24) is 9.88 Å². The Morgan fingerprint density at radius 1 is 0.941 bits per heavy atom. The predicted octanol–water partition coefficient (Wildman–Crippen LogP) is 3.22. The monoisotopic (exact) mass is 226 g/mol. The lowest BCUT2D eigenvalue weighted by molar-refractivity contribution is 0.219. The van der Waals surface area contributed by atoms with E-state index in [-0.39, 0.29) is 0 Å². The van der Waals surface area contributed by atoms with Gasteiger partial charge in [-0.3, -0.25) is 9.88 Å². The Labute approximate surface area is 102 Å². The van der Waals surface area contributed by atoms with Crippen LogP contribution in [0.4, 0.5) is 0 Å². The number of fused-ring (bicyclic) bond motifs is 1. The SMILES string of the molecule is c1ccc2nc(CN3CCCCC3)ccc2c1. The molecule has 0 saturated carbocycles. The molecule has 88 valence electrons. The molecule has 1 aromatic carbocycles. The number of pyridine rings is 1. The zero-order valence-electron chi connectivity index (χ0n) is 10.1. The van der Waals surface area contributed by atoms with Gasteiger partial charge in [0.15, 0.2) is 0 Å². The number of likely N-dealkylation sites (tertiary alicyclic amines) is 1. The summed E-state index contributed by atoms with van der Waals surface area (Å²) >= 11 is 0. The van der Waals surface area contributed by atoms with Crippen molar-refractivity contribution in [2.24, 2.45) is 0 Å². The Balaban J connectivity index is 1.80. The first kappa shape index (κ1) is 10.7. The average molecular weight is 226 g/mol. The van der Waals surface area contributed by atoms with Crippen LogP contribution in [-0.4, -0.2) is 23.0 Å². The second-order valence-electron chi connectivity index (χ2n) is 4.83. The standard InChI is InChI=1S/C15H18N2/c1-4-10-17(11-5-1)12-14-9-8-13-6-2-3-7-15(13)16-14/h2-3,6-9H,1,4-5,10-12H2. The summed E-state index contributed by atoms with van der Waals surface area (Å²) in [5.74, 6) is 0. The molecule has 1 aliphatic heterocycles. The number of rotatable bonds is 2. The van der Waals surface area contributed by atoms with Crippen molar-refractivity contribution in [3.63, 3.8) is 0 Å². The van der Waals surface area contributed by atoms with Gasteiger partial charge in [-0.05, 0) is 38.1 Å². The Bertz CT molecular complexity index is 501. The topological polar surface area (TPSA) is 16.1 Å². The fraction of sp³-hybridized carbons (Fsp3) is 0.400. The molecule has 0 aliphatic carbocycles. The smallest absolute Gasteiger partial charge is 0.0705 e. The van der Waals surface area contributed by atoms with Gasteiger partial charge in [-0.1, -0.05) is 30.7 Å². The van der Waals surface area contributed by atoms with Gasteiger partial charge in [-0.2, -0.15) is 0 Å². The van der Waals surface area contributed by atoms with Crippen LogP contribution in [0.1, 0.15) is 25.0 Å². The molecule has 0 N–H and O–H groups in total.